The highest BCUT2D eigenvalue weighted by Gasteiger charge is 2.20. The molecule has 0 bridgehead atoms. The molecule has 0 spiro atoms. The molecule has 1 aliphatic rings. The zero-order valence-corrected chi connectivity index (χ0v) is 17.1. The van der Waals surface area contributed by atoms with Gasteiger partial charge in [0, 0.05) is 11.3 Å². The number of nitrogens with one attached hydrogen (secondary N) is 1. The summed E-state index contributed by atoms with van der Waals surface area (Å²) in [6, 6.07) is 23.8. The van der Waals surface area contributed by atoms with Crippen LogP contribution in [0.4, 0.5) is 10.5 Å². The minimum absolute atomic E-state index is 0.124. The lowest BCUT2D eigenvalue weighted by Gasteiger charge is -2.20. The lowest BCUT2D eigenvalue weighted by molar-refractivity contribution is 0.107. The summed E-state index contributed by atoms with van der Waals surface area (Å²) in [5, 5.41) is 2.97. The Bertz CT molecular complexity index is 987. The van der Waals surface area contributed by atoms with E-state index in [1.165, 1.54) is 0 Å². The topological polar surface area (TPSA) is 50.8 Å². The Labute approximate surface area is 177 Å². The van der Waals surface area contributed by atoms with Gasteiger partial charge >= 0.3 is 6.03 Å². The second-order valence-electron chi connectivity index (χ2n) is 7.49. The van der Waals surface area contributed by atoms with Gasteiger partial charge in [0.1, 0.15) is 12.4 Å². The summed E-state index contributed by atoms with van der Waals surface area (Å²) in [5.74, 6) is 0.826. The molecule has 0 radical (unpaired) electrons. The van der Waals surface area contributed by atoms with Crippen LogP contribution in [-0.2, 0) is 24.5 Å². The average molecular weight is 402 g/mol. The summed E-state index contributed by atoms with van der Waals surface area (Å²) in [5.41, 5.74) is 5.15. The molecule has 154 valence electrons. The first-order valence-electron chi connectivity index (χ1n) is 10.2. The molecule has 0 aromatic heterocycles. The van der Waals surface area contributed by atoms with Crippen LogP contribution in [0.1, 0.15) is 22.3 Å². The summed E-state index contributed by atoms with van der Waals surface area (Å²) in [4.78, 5) is 14.5. The number of carbonyl (C=O) groups is 1. The molecule has 0 saturated heterocycles. The number of amides is 2. The quantitative estimate of drug-likeness (QED) is 0.643. The first-order chi connectivity index (χ1) is 14.7. The smallest absolute Gasteiger partial charge is 0.322 e. The maximum Gasteiger partial charge on any atom is 0.322 e. The molecule has 4 rings (SSSR count). The lowest BCUT2D eigenvalue weighted by Crippen LogP contribution is -2.36. The molecule has 0 saturated carbocycles. The second-order valence-corrected chi connectivity index (χ2v) is 7.49. The van der Waals surface area contributed by atoms with Gasteiger partial charge in [-0.1, -0.05) is 54.1 Å². The number of carbonyl (C=O) groups excluding carboxylic acids is 1. The SMILES string of the molecule is Cc1ccc(NC(=O)N2CCOc3ccc(COCc4ccccc4)cc3C2)cc1. The molecule has 0 unspecified atom stereocenters. The van der Waals surface area contributed by atoms with Crippen molar-refractivity contribution in [1.29, 1.82) is 0 Å². The van der Waals surface area contributed by atoms with E-state index in [0.717, 1.165) is 33.7 Å². The largest absolute Gasteiger partial charge is 0.491 e. The molecule has 2 amide bonds. The van der Waals surface area contributed by atoms with Gasteiger partial charge in [-0.15, -0.1) is 0 Å². The zero-order valence-electron chi connectivity index (χ0n) is 17.1. The van der Waals surface area contributed by atoms with E-state index in [1.807, 2.05) is 61.5 Å². The van der Waals surface area contributed by atoms with Gasteiger partial charge in [0.05, 0.1) is 26.3 Å². The van der Waals surface area contributed by atoms with Crippen LogP contribution < -0.4 is 10.1 Å². The summed E-state index contributed by atoms with van der Waals surface area (Å²) in [6.45, 7) is 4.61. The van der Waals surface area contributed by atoms with Crippen LogP contribution in [0.2, 0.25) is 0 Å². The highest BCUT2D eigenvalue weighted by Crippen LogP contribution is 2.25. The third-order valence-corrected chi connectivity index (χ3v) is 5.08. The molecule has 3 aromatic rings. The number of ether oxygens (including phenoxy) is 2. The van der Waals surface area contributed by atoms with Crippen molar-refractivity contribution in [2.45, 2.75) is 26.7 Å². The van der Waals surface area contributed by atoms with E-state index in [0.29, 0.717) is 32.9 Å². The molecule has 1 heterocycles. The van der Waals surface area contributed by atoms with Crippen molar-refractivity contribution in [3.05, 3.63) is 95.1 Å². The molecule has 1 aliphatic heterocycles. The van der Waals surface area contributed by atoms with E-state index in [4.69, 9.17) is 9.47 Å². The van der Waals surface area contributed by atoms with E-state index in [9.17, 15) is 4.79 Å². The Morgan fingerprint density at radius 2 is 1.77 bits per heavy atom. The minimum Gasteiger partial charge on any atom is -0.491 e. The molecular weight excluding hydrogens is 376 g/mol. The van der Waals surface area contributed by atoms with Crippen molar-refractivity contribution in [2.75, 3.05) is 18.5 Å². The molecule has 30 heavy (non-hydrogen) atoms. The predicted molar refractivity (Wildman–Crippen MR) is 117 cm³/mol. The number of nitrogens with zero attached hydrogens (tertiary/aromatic N) is 1. The molecule has 0 aliphatic carbocycles. The number of anilines is 1. The summed E-state index contributed by atoms with van der Waals surface area (Å²) >= 11 is 0. The standard InChI is InChI=1S/C25H26N2O3/c1-19-7-10-23(11-8-19)26-25(28)27-13-14-30-24-12-9-21(15-22(24)16-27)18-29-17-20-5-3-2-4-6-20/h2-12,15H,13-14,16-18H2,1H3,(H,26,28). The summed E-state index contributed by atoms with van der Waals surface area (Å²) < 4.78 is 11.7. The van der Waals surface area contributed by atoms with E-state index in [-0.39, 0.29) is 6.03 Å². The van der Waals surface area contributed by atoms with Crippen LogP contribution in [0.3, 0.4) is 0 Å². The van der Waals surface area contributed by atoms with Crippen molar-refractivity contribution in [1.82, 2.24) is 4.90 Å². The van der Waals surface area contributed by atoms with Crippen LogP contribution >= 0.6 is 0 Å². The zero-order chi connectivity index (χ0) is 20.8. The van der Waals surface area contributed by atoms with Crippen molar-refractivity contribution in [3.8, 4) is 5.75 Å². The normalized spacial score (nSPS) is 13.2. The van der Waals surface area contributed by atoms with Crippen molar-refractivity contribution in [3.63, 3.8) is 0 Å². The summed E-state index contributed by atoms with van der Waals surface area (Å²) in [7, 11) is 0. The number of hydrogen-bond acceptors (Lipinski definition) is 3. The Balaban J connectivity index is 1.39. The highest BCUT2D eigenvalue weighted by atomic mass is 16.5. The Hall–Kier alpha value is -3.31. The molecule has 5 nitrogen and oxygen atoms in total. The van der Waals surface area contributed by atoms with Gasteiger partial charge in [-0.05, 0) is 42.3 Å². The van der Waals surface area contributed by atoms with Crippen LogP contribution in [0.5, 0.6) is 5.75 Å². The fraction of sp³-hybridized carbons (Fsp3) is 0.240. The maximum atomic E-state index is 12.8. The number of fused-ring (bicyclic) bond motifs is 1. The number of urea groups is 1. The average Bonchev–Trinajstić information content (AvgIpc) is 2.98. The van der Waals surface area contributed by atoms with Crippen LogP contribution in [-0.4, -0.2) is 24.1 Å². The molecule has 5 heteroatoms. The molecule has 3 aromatic carbocycles. The number of benzene rings is 3. The predicted octanol–water partition coefficient (Wildman–Crippen LogP) is 5.14. The number of rotatable bonds is 5. The van der Waals surface area contributed by atoms with E-state index >= 15 is 0 Å². The van der Waals surface area contributed by atoms with E-state index in [1.54, 1.807) is 4.90 Å². The van der Waals surface area contributed by atoms with Gasteiger partial charge in [0.25, 0.3) is 0 Å². The van der Waals surface area contributed by atoms with Gasteiger partial charge < -0.3 is 19.7 Å². The van der Waals surface area contributed by atoms with Gasteiger partial charge in [-0.2, -0.15) is 0 Å². The van der Waals surface area contributed by atoms with Crippen LogP contribution in [0.15, 0.2) is 72.8 Å². The van der Waals surface area contributed by atoms with Gasteiger partial charge in [0.15, 0.2) is 0 Å². The molecule has 0 atom stereocenters. The Kier molecular flexibility index (Phi) is 6.30. The third kappa shape index (κ3) is 5.19. The van der Waals surface area contributed by atoms with E-state index < -0.39 is 0 Å². The fourth-order valence-electron chi connectivity index (χ4n) is 3.41. The highest BCUT2D eigenvalue weighted by molar-refractivity contribution is 5.89. The Morgan fingerprint density at radius 1 is 1.00 bits per heavy atom. The number of aryl methyl sites for hydroxylation is 1. The van der Waals surface area contributed by atoms with Gasteiger partial charge in [-0.3, -0.25) is 0 Å². The molecular formula is C25H26N2O3. The first-order valence-corrected chi connectivity index (χ1v) is 10.2. The van der Waals surface area contributed by atoms with Crippen LogP contribution in [0, 0.1) is 6.92 Å². The fourth-order valence-corrected chi connectivity index (χ4v) is 3.41. The monoisotopic (exact) mass is 402 g/mol. The maximum absolute atomic E-state index is 12.8. The van der Waals surface area contributed by atoms with Gasteiger partial charge in [-0.25, -0.2) is 4.79 Å². The summed E-state index contributed by atoms with van der Waals surface area (Å²) in [6.07, 6.45) is 0. The first kappa shape index (κ1) is 20.0. The number of hydrogen-bond donors (Lipinski definition) is 1. The third-order valence-electron chi connectivity index (χ3n) is 5.08. The van der Waals surface area contributed by atoms with E-state index in [2.05, 4.69) is 23.5 Å². The van der Waals surface area contributed by atoms with Crippen molar-refractivity contribution >= 4 is 11.7 Å². The van der Waals surface area contributed by atoms with Crippen molar-refractivity contribution < 1.29 is 14.3 Å². The van der Waals surface area contributed by atoms with Crippen LogP contribution in [0.25, 0.3) is 0 Å². The molecule has 0 fully saturated rings. The van der Waals surface area contributed by atoms with Crippen molar-refractivity contribution in [2.24, 2.45) is 0 Å². The molecule has 1 N–H and O–H groups in total. The second kappa shape index (κ2) is 9.46. The lowest BCUT2D eigenvalue weighted by atomic mass is 10.1. The van der Waals surface area contributed by atoms with Gasteiger partial charge in [0.2, 0.25) is 0 Å². The Morgan fingerprint density at radius 3 is 2.57 bits per heavy atom. The minimum atomic E-state index is -0.124.